The van der Waals surface area contributed by atoms with Gasteiger partial charge in [-0.05, 0) is 30.2 Å². The fraction of sp³-hybridized carbons (Fsp3) is 0.211. The van der Waals surface area contributed by atoms with Crippen molar-refractivity contribution in [2.24, 2.45) is 0 Å². The van der Waals surface area contributed by atoms with E-state index in [-0.39, 0.29) is 0 Å². The van der Waals surface area contributed by atoms with Gasteiger partial charge in [-0.25, -0.2) is 4.68 Å². The molecule has 2 aromatic carbocycles. The summed E-state index contributed by atoms with van der Waals surface area (Å²) < 4.78 is 1.70. The van der Waals surface area contributed by atoms with E-state index in [1.165, 1.54) is 0 Å². The van der Waals surface area contributed by atoms with Gasteiger partial charge in [-0.2, -0.15) is 0 Å². The molecule has 3 rings (SSSR count). The molecular weight excluding hydrogens is 316 g/mol. The number of thiocarbonyl (C=S) groups is 1. The summed E-state index contributed by atoms with van der Waals surface area (Å²) in [5, 5.41) is 11.9. The highest BCUT2D eigenvalue weighted by Crippen LogP contribution is 2.14. The first-order chi connectivity index (χ1) is 11.8. The van der Waals surface area contributed by atoms with Crippen molar-refractivity contribution < 1.29 is 0 Å². The molecule has 0 bridgehead atoms. The molecule has 0 saturated carbocycles. The van der Waals surface area contributed by atoms with Gasteiger partial charge in [0.2, 0.25) is 0 Å². The maximum absolute atomic E-state index is 5.60. The van der Waals surface area contributed by atoms with E-state index in [1.807, 2.05) is 48.5 Å². The van der Waals surface area contributed by atoms with Crippen molar-refractivity contribution >= 4 is 33.9 Å². The van der Waals surface area contributed by atoms with E-state index in [0.717, 1.165) is 41.7 Å². The number of allylic oxidation sites excluding steroid dienone is 1. The molecule has 0 amide bonds. The van der Waals surface area contributed by atoms with E-state index in [4.69, 9.17) is 12.2 Å². The third kappa shape index (κ3) is 3.68. The van der Waals surface area contributed by atoms with Gasteiger partial charge in [0.15, 0.2) is 0 Å². The van der Waals surface area contributed by atoms with Crippen molar-refractivity contribution in [3.05, 3.63) is 66.2 Å². The number of rotatable bonds is 6. The van der Waals surface area contributed by atoms with E-state index in [1.54, 1.807) is 4.68 Å². The number of nitrogens with zero attached hydrogens (tertiary/aromatic N) is 3. The predicted molar refractivity (Wildman–Crippen MR) is 103 cm³/mol. The Balaban J connectivity index is 1.92. The van der Waals surface area contributed by atoms with Gasteiger partial charge in [0.1, 0.15) is 10.5 Å². The van der Waals surface area contributed by atoms with Crippen LogP contribution in [0.15, 0.2) is 60.7 Å². The number of unbranched alkanes of at least 4 members (excludes halogenated alkanes) is 1. The highest BCUT2D eigenvalue weighted by atomic mass is 32.1. The Hall–Kier alpha value is -2.53. The van der Waals surface area contributed by atoms with Crippen LogP contribution in [0.2, 0.25) is 0 Å². The number of para-hydroxylation sites is 1. The second-order valence-electron chi connectivity index (χ2n) is 5.53. The van der Waals surface area contributed by atoms with Gasteiger partial charge in [0.05, 0.1) is 5.52 Å². The smallest absolute Gasteiger partial charge is 0.132 e. The summed E-state index contributed by atoms with van der Waals surface area (Å²) in [5.74, 6) is 0. The molecule has 4 nitrogen and oxygen atoms in total. The van der Waals surface area contributed by atoms with Crippen LogP contribution in [0.4, 0.5) is 0 Å². The van der Waals surface area contributed by atoms with Crippen molar-refractivity contribution in [3.63, 3.8) is 0 Å². The molecular formula is C19H20N4S. The van der Waals surface area contributed by atoms with Gasteiger partial charge in [-0.3, -0.25) is 0 Å². The van der Waals surface area contributed by atoms with E-state index in [2.05, 4.69) is 34.7 Å². The Morgan fingerprint density at radius 3 is 2.67 bits per heavy atom. The minimum Gasteiger partial charge on any atom is -0.384 e. The lowest BCUT2D eigenvalue weighted by atomic mass is 10.1. The zero-order valence-electron chi connectivity index (χ0n) is 13.6. The summed E-state index contributed by atoms with van der Waals surface area (Å²) in [5.41, 5.74) is 3.88. The van der Waals surface area contributed by atoms with Crippen LogP contribution < -0.4 is 5.32 Å². The number of aromatic nitrogens is 3. The monoisotopic (exact) mass is 336 g/mol. The maximum atomic E-state index is 5.60. The van der Waals surface area contributed by atoms with Crippen LogP contribution in [0.1, 0.15) is 25.3 Å². The summed E-state index contributed by atoms with van der Waals surface area (Å²) in [7, 11) is 0. The first-order valence-electron chi connectivity index (χ1n) is 8.15. The molecule has 0 spiro atoms. The lowest BCUT2D eigenvalue weighted by Crippen LogP contribution is -2.17. The van der Waals surface area contributed by atoms with E-state index < -0.39 is 0 Å². The normalized spacial score (nSPS) is 11.6. The fourth-order valence-corrected chi connectivity index (χ4v) is 2.72. The molecule has 0 fully saturated rings. The zero-order chi connectivity index (χ0) is 16.8. The highest BCUT2D eigenvalue weighted by molar-refractivity contribution is 7.80. The van der Waals surface area contributed by atoms with Crippen LogP contribution in [0.5, 0.6) is 0 Å². The third-order valence-electron chi connectivity index (χ3n) is 3.76. The second-order valence-corrected chi connectivity index (χ2v) is 5.95. The SMILES string of the molecule is CCCCN/C(=C\C(=S)n1nnc2ccccc21)c1ccccc1. The number of benzene rings is 2. The van der Waals surface area contributed by atoms with Crippen LogP contribution in [0, 0.1) is 0 Å². The quantitative estimate of drug-likeness (QED) is 0.419. The van der Waals surface area contributed by atoms with Crippen LogP contribution in [-0.4, -0.2) is 26.5 Å². The summed E-state index contributed by atoms with van der Waals surface area (Å²) in [6, 6.07) is 18.0. The molecule has 1 heterocycles. The summed E-state index contributed by atoms with van der Waals surface area (Å²) >= 11 is 5.60. The second kappa shape index (κ2) is 7.84. The topological polar surface area (TPSA) is 42.7 Å². The standard InChI is InChI=1S/C19H20N4S/c1-2-3-13-20-17(15-9-5-4-6-10-15)14-19(24)23-18-12-8-7-11-16(18)21-22-23/h4-12,14,20H,2-3,13H2,1H3/b17-14-. The Bertz CT molecular complexity index is 852. The summed E-state index contributed by atoms with van der Waals surface area (Å²) in [6.07, 6.45) is 4.22. The largest absolute Gasteiger partial charge is 0.384 e. The number of hydrogen-bond acceptors (Lipinski definition) is 4. The lowest BCUT2D eigenvalue weighted by Gasteiger charge is -2.12. The van der Waals surface area contributed by atoms with E-state index in [9.17, 15) is 0 Å². The third-order valence-corrected chi connectivity index (χ3v) is 4.05. The predicted octanol–water partition coefficient (Wildman–Crippen LogP) is 4.04. The van der Waals surface area contributed by atoms with Crippen molar-refractivity contribution in [2.45, 2.75) is 19.8 Å². The van der Waals surface area contributed by atoms with Crippen molar-refractivity contribution in [1.82, 2.24) is 20.3 Å². The molecule has 5 heteroatoms. The Kier molecular flexibility index (Phi) is 5.33. The number of fused-ring (bicyclic) bond motifs is 1. The van der Waals surface area contributed by atoms with Crippen molar-refractivity contribution in [2.75, 3.05) is 6.54 Å². The zero-order valence-corrected chi connectivity index (χ0v) is 14.5. The van der Waals surface area contributed by atoms with Gasteiger partial charge in [-0.1, -0.05) is 73.2 Å². The van der Waals surface area contributed by atoms with Crippen LogP contribution in [-0.2, 0) is 0 Å². The van der Waals surface area contributed by atoms with Gasteiger partial charge in [0.25, 0.3) is 0 Å². The van der Waals surface area contributed by atoms with Crippen LogP contribution in [0.25, 0.3) is 16.7 Å². The molecule has 1 N–H and O–H groups in total. The Morgan fingerprint density at radius 1 is 1.12 bits per heavy atom. The molecule has 0 aliphatic rings. The minimum atomic E-state index is 0.617. The molecule has 0 saturated heterocycles. The van der Waals surface area contributed by atoms with E-state index in [0.29, 0.717) is 4.99 Å². The van der Waals surface area contributed by atoms with Crippen LogP contribution in [0.3, 0.4) is 0 Å². The summed E-state index contributed by atoms with van der Waals surface area (Å²) in [4.78, 5) is 0.617. The minimum absolute atomic E-state index is 0.617. The van der Waals surface area contributed by atoms with E-state index >= 15 is 0 Å². The molecule has 0 unspecified atom stereocenters. The number of hydrogen-bond donors (Lipinski definition) is 1. The van der Waals surface area contributed by atoms with Crippen molar-refractivity contribution in [1.29, 1.82) is 0 Å². The van der Waals surface area contributed by atoms with Gasteiger partial charge in [-0.15, -0.1) is 5.10 Å². The Labute approximate surface area is 147 Å². The molecule has 3 aromatic rings. The molecule has 0 radical (unpaired) electrons. The molecule has 122 valence electrons. The molecule has 0 aliphatic carbocycles. The fourth-order valence-electron chi connectivity index (χ4n) is 2.47. The van der Waals surface area contributed by atoms with Gasteiger partial charge >= 0.3 is 0 Å². The molecule has 0 aliphatic heterocycles. The first kappa shape index (κ1) is 16.3. The van der Waals surface area contributed by atoms with Crippen molar-refractivity contribution in [3.8, 4) is 0 Å². The van der Waals surface area contributed by atoms with Gasteiger partial charge < -0.3 is 5.32 Å². The number of nitrogens with one attached hydrogen (secondary N) is 1. The lowest BCUT2D eigenvalue weighted by molar-refractivity contribution is 0.744. The van der Waals surface area contributed by atoms with Gasteiger partial charge in [0, 0.05) is 12.2 Å². The van der Waals surface area contributed by atoms with Crippen LogP contribution >= 0.6 is 12.2 Å². The first-order valence-corrected chi connectivity index (χ1v) is 8.56. The Morgan fingerprint density at radius 2 is 1.88 bits per heavy atom. The molecule has 1 aromatic heterocycles. The maximum Gasteiger partial charge on any atom is 0.132 e. The average molecular weight is 336 g/mol. The summed E-state index contributed by atoms with van der Waals surface area (Å²) in [6.45, 7) is 3.09. The highest BCUT2D eigenvalue weighted by Gasteiger charge is 2.08. The molecule has 0 atom stereocenters. The average Bonchev–Trinajstić information content (AvgIpc) is 3.06. The molecule has 24 heavy (non-hydrogen) atoms.